The highest BCUT2D eigenvalue weighted by Crippen LogP contribution is 2.32. The smallest absolute Gasteiger partial charge is 0.335 e. The molecule has 0 heterocycles. The summed E-state index contributed by atoms with van der Waals surface area (Å²) < 4.78 is 4.98. The van der Waals surface area contributed by atoms with Gasteiger partial charge >= 0.3 is 11.9 Å². The third-order valence-corrected chi connectivity index (χ3v) is 5.25. The lowest BCUT2D eigenvalue weighted by Gasteiger charge is -2.27. The number of esters is 1. The minimum atomic E-state index is -1.07. The van der Waals surface area contributed by atoms with Crippen LogP contribution in [-0.4, -0.2) is 43.7 Å². The molecular formula is C28H34N2O5. The van der Waals surface area contributed by atoms with E-state index in [4.69, 9.17) is 4.74 Å². The van der Waals surface area contributed by atoms with Crippen LogP contribution in [0.1, 0.15) is 49.5 Å². The van der Waals surface area contributed by atoms with E-state index in [1.807, 2.05) is 42.5 Å². The van der Waals surface area contributed by atoms with Gasteiger partial charge in [0.15, 0.2) is 0 Å². The minimum Gasteiger partial charge on any atom is -0.478 e. The van der Waals surface area contributed by atoms with Crippen molar-refractivity contribution < 1.29 is 24.2 Å². The molecule has 0 spiro atoms. The van der Waals surface area contributed by atoms with Gasteiger partial charge in [0.25, 0.3) is 0 Å². The number of ether oxygens (including phenoxy) is 1. The number of benzene rings is 3. The first-order valence-corrected chi connectivity index (χ1v) is 11.8. The number of aromatic carboxylic acids is 1. The van der Waals surface area contributed by atoms with Crippen LogP contribution >= 0.6 is 0 Å². The van der Waals surface area contributed by atoms with Crippen LogP contribution in [0.2, 0.25) is 0 Å². The molecule has 3 aromatic rings. The summed E-state index contributed by atoms with van der Waals surface area (Å²) in [6.45, 7) is 6.92. The monoisotopic (exact) mass is 478 g/mol. The highest BCUT2D eigenvalue weighted by atomic mass is 16.5. The first kappa shape index (κ1) is 27.4. The SMILES string of the molecule is CCC.CCOC(=O)CCN(C)c1cc(C(=O)O)ccc1N(C=O)Cc1cccc2ccccc12. The fourth-order valence-electron chi connectivity index (χ4n) is 3.61. The van der Waals surface area contributed by atoms with Gasteiger partial charge in [-0.25, -0.2) is 4.79 Å². The lowest BCUT2D eigenvalue weighted by Crippen LogP contribution is -2.27. The lowest BCUT2D eigenvalue weighted by molar-refractivity contribution is -0.142. The zero-order valence-electron chi connectivity index (χ0n) is 20.9. The Morgan fingerprint density at radius 1 is 0.971 bits per heavy atom. The van der Waals surface area contributed by atoms with E-state index in [1.165, 1.54) is 18.6 Å². The van der Waals surface area contributed by atoms with Gasteiger partial charge in [-0.05, 0) is 41.5 Å². The van der Waals surface area contributed by atoms with Crippen LogP contribution in [0.25, 0.3) is 10.8 Å². The average Bonchev–Trinajstić information content (AvgIpc) is 2.86. The van der Waals surface area contributed by atoms with E-state index in [0.29, 0.717) is 31.1 Å². The van der Waals surface area contributed by atoms with Crippen LogP contribution in [0.4, 0.5) is 11.4 Å². The molecule has 3 rings (SSSR count). The number of nitrogens with zero attached hydrogens (tertiary/aromatic N) is 2. The number of hydrogen-bond acceptors (Lipinski definition) is 5. The molecule has 0 bridgehead atoms. The molecular weight excluding hydrogens is 444 g/mol. The highest BCUT2D eigenvalue weighted by molar-refractivity contribution is 5.94. The zero-order chi connectivity index (χ0) is 25.8. The highest BCUT2D eigenvalue weighted by Gasteiger charge is 2.18. The van der Waals surface area contributed by atoms with E-state index in [9.17, 15) is 19.5 Å². The molecule has 35 heavy (non-hydrogen) atoms. The molecule has 0 aliphatic heterocycles. The Labute approximate surface area is 206 Å². The summed E-state index contributed by atoms with van der Waals surface area (Å²) in [7, 11) is 1.75. The second-order valence-corrected chi connectivity index (χ2v) is 8.06. The molecule has 0 aliphatic carbocycles. The maximum absolute atomic E-state index is 12.1. The Morgan fingerprint density at radius 3 is 2.31 bits per heavy atom. The molecule has 186 valence electrons. The average molecular weight is 479 g/mol. The topological polar surface area (TPSA) is 87.2 Å². The van der Waals surface area contributed by atoms with Gasteiger partial charge in [-0.3, -0.25) is 9.59 Å². The number of carboxylic acids is 1. The van der Waals surface area contributed by atoms with Crippen LogP contribution in [-0.2, 0) is 20.9 Å². The minimum absolute atomic E-state index is 0.0998. The van der Waals surface area contributed by atoms with Crippen molar-refractivity contribution in [3.63, 3.8) is 0 Å². The molecule has 7 nitrogen and oxygen atoms in total. The summed E-state index contributed by atoms with van der Waals surface area (Å²) in [4.78, 5) is 38.7. The number of carbonyl (C=O) groups excluding carboxylic acids is 2. The molecule has 0 aromatic heterocycles. The van der Waals surface area contributed by atoms with Gasteiger partial charge in [0, 0.05) is 13.6 Å². The lowest BCUT2D eigenvalue weighted by atomic mass is 10.0. The normalized spacial score (nSPS) is 10.2. The van der Waals surface area contributed by atoms with E-state index in [1.54, 1.807) is 29.8 Å². The predicted molar refractivity (Wildman–Crippen MR) is 140 cm³/mol. The van der Waals surface area contributed by atoms with Gasteiger partial charge in [0.2, 0.25) is 6.41 Å². The Bertz CT molecular complexity index is 1140. The summed E-state index contributed by atoms with van der Waals surface area (Å²) in [5.74, 6) is -1.40. The van der Waals surface area contributed by atoms with Crippen molar-refractivity contribution >= 4 is 40.5 Å². The molecule has 3 aromatic carbocycles. The number of amides is 1. The van der Waals surface area contributed by atoms with Crippen LogP contribution in [0.5, 0.6) is 0 Å². The second kappa shape index (κ2) is 13.7. The molecule has 0 radical (unpaired) electrons. The summed E-state index contributed by atoms with van der Waals surface area (Å²) in [5, 5.41) is 11.6. The molecule has 0 saturated heterocycles. The van der Waals surface area contributed by atoms with E-state index in [-0.39, 0.29) is 18.0 Å². The van der Waals surface area contributed by atoms with E-state index in [2.05, 4.69) is 13.8 Å². The number of anilines is 2. The molecule has 0 unspecified atom stereocenters. The van der Waals surface area contributed by atoms with Gasteiger partial charge in [0.1, 0.15) is 0 Å². The quantitative estimate of drug-likeness (QED) is 0.306. The predicted octanol–water partition coefficient (Wildman–Crippen LogP) is 5.51. The van der Waals surface area contributed by atoms with Crippen LogP contribution in [0, 0.1) is 0 Å². The number of rotatable bonds is 10. The second-order valence-electron chi connectivity index (χ2n) is 8.06. The Hall–Kier alpha value is -3.87. The van der Waals surface area contributed by atoms with Gasteiger partial charge in [-0.15, -0.1) is 0 Å². The van der Waals surface area contributed by atoms with Crippen molar-refractivity contribution in [2.75, 3.05) is 30.0 Å². The fraction of sp³-hybridized carbons (Fsp3) is 0.321. The van der Waals surface area contributed by atoms with Crippen LogP contribution < -0.4 is 9.80 Å². The summed E-state index contributed by atoms with van der Waals surface area (Å²) in [6.07, 6.45) is 2.13. The summed E-state index contributed by atoms with van der Waals surface area (Å²) in [5.41, 5.74) is 2.17. The Morgan fingerprint density at radius 2 is 1.66 bits per heavy atom. The first-order chi connectivity index (χ1) is 16.9. The van der Waals surface area contributed by atoms with Crippen molar-refractivity contribution in [2.45, 2.75) is 40.2 Å². The summed E-state index contributed by atoms with van der Waals surface area (Å²) >= 11 is 0. The molecule has 1 N–H and O–H groups in total. The fourth-order valence-corrected chi connectivity index (χ4v) is 3.61. The largest absolute Gasteiger partial charge is 0.478 e. The Kier molecular flexibility index (Phi) is 10.8. The Balaban J connectivity index is 0.00000137. The number of fused-ring (bicyclic) bond motifs is 1. The molecule has 0 atom stereocenters. The molecule has 0 fully saturated rings. The number of carbonyl (C=O) groups is 3. The molecule has 0 aliphatic rings. The van der Waals surface area contributed by atoms with Crippen molar-refractivity contribution in [2.24, 2.45) is 0 Å². The van der Waals surface area contributed by atoms with Crippen molar-refractivity contribution in [1.82, 2.24) is 0 Å². The number of hydrogen-bond donors (Lipinski definition) is 1. The van der Waals surface area contributed by atoms with Gasteiger partial charge in [-0.2, -0.15) is 0 Å². The van der Waals surface area contributed by atoms with E-state index >= 15 is 0 Å². The van der Waals surface area contributed by atoms with Gasteiger partial charge in [-0.1, -0.05) is 62.7 Å². The maximum Gasteiger partial charge on any atom is 0.335 e. The summed E-state index contributed by atoms with van der Waals surface area (Å²) in [6, 6.07) is 18.5. The van der Waals surface area contributed by atoms with Crippen molar-refractivity contribution in [1.29, 1.82) is 0 Å². The number of carboxylic acid groups (broad SMARTS) is 1. The third kappa shape index (κ3) is 7.57. The van der Waals surface area contributed by atoms with Crippen molar-refractivity contribution in [3.05, 3.63) is 71.8 Å². The van der Waals surface area contributed by atoms with Crippen LogP contribution in [0.3, 0.4) is 0 Å². The standard InChI is InChI=1S/C25H26N2O5.C3H8/c1-3-32-24(29)13-14-26(2)23-15-19(25(30)31)11-12-22(23)27(17-28)16-20-9-6-8-18-7-4-5-10-21(18)20;1-3-2/h4-12,15,17H,3,13-14,16H2,1-2H3,(H,30,31);3H2,1-2H3. The molecule has 7 heteroatoms. The van der Waals surface area contributed by atoms with Gasteiger partial charge < -0.3 is 19.6 Å². The molecule has 1 amide bonds. The van der Waals surface area contributed by atoms with E-state index in [0.717, 1.165) is 22.7 Å². The zero-order valence-corrected chi connectivity index (χ0v) is 20.9. The van der Waals surface area contributed by atoms with Gasteiger partial charge in [0.05, 0.1) is 36.5 Å². The third-order valence-electron chi connectivity index (χ3n) is 5.25. The maximum atomic E-state index is 12.1. The molecule has 0 saturated carbocycles. The van der Waals surface area contributed by atoms with Crippen molar-refractivity contribution in [3.8, 4) is 0 Å². The van der Waals surface area contributed by atoms with Crippen LogP contribution in [0.15, 0.2) is 60.7 Å². The van der Waals surface area contributed by atoms with E-state index < -0.39 is 5.97 Å². The first-order valence-electron chi connectivity index (χ1n) is 11.8.